The van der Waals surface area contributed by atoms with Crippen molar-refractivity contribution in [3.8, 4) is 0 Å². The van der Waals surface area contributed by atoms with E-state index in [4.69, 9.17) is 0 Å². The topological polar surface area (TPSA) is 52.6 Å². The van der Waals surface area contributed by atoms with Crippen LogP contribution in [0.25, 0.3) is 0 Å². The van der Waals surface area contributed by atoms with Crippen LogP contribution in [0.4, 0.5) is 11.4 Å². The Balaban J connectivity index is 2.06. The average Bonchev–Trinajstić information content (AvgIpc) is 2.67. The molecule has 5 nitrogen and oxygen atoms in total. The molecule has 2 aromatic rings. The van der Waals surface area contributed by atoms with Crippen LogP contribution in [0.1, 0.15) is 42.3 Å². The zero-order chi connectivity index (χ0) is 20.7. The van der Waals surface area contributed by atoms with Crippen LogP contribution < -0.4 is 15.1 Å². The molecular formula is C23H31N3O2. The highest BCUT2D eigenvalue weighted by Gasteiger charge is 2.15. The minimum atomic E-state index is -0.128. The first-order valence-electron chi connectivity index (χ1n) is 9.85. The van der Waals surface area contributed by atoms with Gasteiger partial charge >= 0.3 is 0 Å². The molecular weight excluding hydrogens is 350 g/mol. The number of nitrogens with zero attached hydrogens (tertiary/aromatic N) is 2. The van der Waals surface area contributed by atoms with Crippen molar-refractivity contribution in [1.29, 1.82) is 0 Å². The molecule has 0 aliphatic heterocycles. The number of carbonyl (C=O) groups excluding carboxylic acids is 2. The fourth-order valence-electron chi connectivity index (χ4n) is 3.26. The van der Waals surface area contributed by atoms with Crippen molar-refractivity contribution in [2.24, 2.45) is 0 Å². The number of hydrogen-bond acceptors (Lipinski definition) is 3. The maximum atomic E-state index is 12.3. The van der Waals surface area contributed by atoms with Gasteiger partial charge in [-0.15, -0.1) is 0 Å². The van der Waals surface area contributed by atoms with E-state index in [9.17, 15) is 9.59 Å². The van der Waals surface area contributed by atoms with Gasteiger partial charge in [-0.2, -0.15) is 0 Å². The molecule has 0 spiro atoms. The van der Waals surface area contributed by atoms with Gasteiger partial charge in [0.05, 0.1) is 0 Å². The summed E-state index contributed by atoms with van der Waals surface area (Å²) in [4.78, 5) is 28.5. The van der Waals surface area contributed by atoms with E-state index in [0.717, 1.165) is 35.6 Å². The molecule has 2 aromatic carbocycles. The molecule has 150 valence electrons. The lowest BCUT2D eigenvalue weighted by molar-refractivity contribution is -0.116. The minimum Gasteiger partial charge on any atom is -0.372 e. The first kappa shape index (κ1) is 21.5. The third kappa shape index (κ3) is 5.35. The highest BCUT2D eigenvalue weighted by atomic mass is 16.2. The van der Waals surface area contributed by atoms with Crippen molar-refractivity contribution >= 4 is 23.2 Å². The molecule has 0 heterocycles. The number of anilines is 2. The predicted molar refractivity (Wildman–Crippen MR) is 116 cm³/mol. The molecule has 0 aliphatic carbocycles. The van der Waals surface area contributed by atoms with Crippen molar-refractivity contribution in [2.45, 2.75) is 34.6 Å². The Bertz CT molecular complexity index is 811. The van der Waals surface area contributed by atoms with E-state index in [2.05, 4.69) is 36.2 Å². The molecule has 0 aliphatic rings. The summed E-state index contributed by atoms with van der Waals surface area (Å²) in [6.45, 7) is 12.5. The van der Waals surface area contributed by atoms with Gasteiger partial charge in [0.2, 0.25) is 5.91 Å². The summed E-state index contributed by atoms with van der Waals surface area (Å²) >= 11 is 0. The van der Waals surface area contributed by atoms with Crippen molar-refractivity contribution in [1.82, 2.24) is 5.32 Å². The highest BCUT2D eigenvalue weighted by Crippen LogP contribution is 2.25. The van der Waals surface area contributed by atoms with Crippen LogP contribution in [0.2, 0.25) is 0 Å². The monoisotopic (exact) mass is 381 g/mol. The Morgan fingerprint density at radius 1 is 0.964 bits per heavy atom. The second-order valence-corrected chi connectivity index (χ2v) is 6.94. The molecule has 1 N–H and O–H groups in total. The standard InChI is InChI=1S/C23H31N3O2/c1-6-25(7-2)21-12-13-22(18(4)16-21)26(19(5)27)15-14-24-23(28)20-10-8-17(3)9-11-20/h8-13,16H,6-7,14-15H2,1-5H3,(H,24,28). The number of carbonyl (C=O) groups is 2. The number of aryl methyl sites for hydroxylation is 2. The van der Waals surface area contributed by atoms with Crippen molar-refractivity contribution in [3.05, 3.63) is 59.2 Å². The van der Waals surface area contributed by atoms with Gasteiger partial charge in [-0.3, -0.25) is 9.59 Å². The molecule has 0 aromatic heterocycles. The van der Waals surface area contributed by atoms with Crippen molar-refractivity contribution in [3.63, 3.8) is 0 Å². The van der Waals surface area contributed by atoms with Crippen LogP contribution in [0, 0.1) is 13.8 Å². The van der Waals surface area contributed by atoms with Gasteiger partial charge in [0.25, 0.3) is 5.91 Å². The second kappa shape index (κ2) is 9.93. The van der Waals surface area contributed by atoms with E-state index in [0.29, 0.717) is 18.7 Å². The summed E-state index contributed by atoms with van der Waals surface area (Å²) < 4.78 is 0. The van der Waals surface area contributed by atoms with Crippen LogP contribution in [-0.2, 0) is 4.79 Å². The van der Waals surface area contributed by atoms with Gasteiger partial charge in [-0.05, 0) is 63.6 Å². The Morgan fingerprint density at radius 3 is 2.14 bits per heavy atom. The molecule has 0 saturated heterocycles. The van der Waals surface area contributed by atoms with Gasteiger partial charge in [0.15, 0.2) is 0 Å². The molecule has 0 atom stereocenters. The lowest BCUT2D eigenvalue weighted by Crippen LogP contribution is -2.38. The van der Waals surface area contributed by atoms with Gasteiger partial charge < -0.3 is 15.1 Å². The molecule has 0 unspecified atom stereocenters. The van der Waals surface area contributed by atoms with E-state index < -0.39 is 0 Å². The average molecular weight is 382 g/mol. The van der Waals surface area contributed by atoms with E-state index in [-0.39, 0.29) is 11.8 Å². The van der Waals surface area contributed by atoms with Crippen molar-refractivity contribution in [2.75, 3.05) is 36.0 Å². The summed E-state index contributed by atoms with van der Waals surface area (Å²) in [7, 11) is 0. The first-order chi connectivity index (χ1) is 13.4. The summed E-state index contributed by atoms with van der Waals surface area (Å²) in [5.74, 6) is -0.166. The lowest BCUT2D eigenvalue weighted by atomic mass is 10.1. The molecule has 0 saturated carbocycles. The minimum absolute atomic E-state index is 0.0386. The van der Waals surface area contributed by atoms with Crippen LogP contribution >= 0.6 is 0 Å². The third-order valence-corrected chi connectivity index (χ3v) is 4.91. The third-order valence-electron chi connectivity index (χ3n) is 4.91. The molecule has 28 heavy (non-hydrogen) atoms. The molecule has 0 fully saturated rings. The largest absolute Gasteiger partial charge is 0.372 e. The second-order valence-electron chi connectivity index (χ2n) is 6.94. The molecule has 2 amide bonds. The summed E-state index contributed by atoms with van der Waals surface area (Å²) in [5.41, 5.74) is 4.82. The maximum Gasteiger partial charge on any atom is 0.251 e. The lowest BCUT2D eigenvalue weighted by Gasteiger charge is -2.26. The maximum absolute atomic E-state index is 12.3. The van der Waals surface area contributed by atoms with Crippen molar-refractivity contribution < 1.29 is 9.59 Å². The van der Waals surface area contributed by atoms with E-state index in [1.807, 2.05) is 44.2 Å². The van der Waals surface area contributed by atoms with Gasteiger partial charge in [-0.25, -0.2) is 0 Å². The normalized spacial score (nSPS) is 10.5. The van der Waals surface area contributed by atoms with Gasteiger partial charge in [0.1, 0.15) is 0 Å². The van der Waals surface area contributed by atoms with E-state index >= 15 is 0 Å². The molecule has 0 radical (unpaired) electrons. The first-order valence-corrected chi connectivity index (χ1v) is 9.85. The SMILES string of the molecule is CCN(CC)c1ccc(N(CCNC(=O)c2ccc(C)cc2)C(C)=O)c(C)c1. The summed E-state index contributed by atoms with van der Waals surface area (Å²) in [6, 6.07) is 13.6. The zero-order valence-corrected chi connectivity index (χ0v) is 17.6. The predicted octanol–water partition coefficient (Wildman–Crippen LogP) is 3.93. The van der Waals surface area contributed by atoms with Crippen LogP contribution in [0.5, 0.6) is 0 Å². The summed E-state index contributed by atoms with van der Waals surface area (Å²) in [5, 5.41) is 2.90. The number of nitrogens with one attached hydrogen (secondary N) is 1. The summed E-state index contributed by atoms with van der Waals surface area (Å²) in [6.07, 6.45) is 0. The van der Waals surface area contributed by atoms with Crippen LogP contribution in [0.15, 0.2) is 42.5 Å². The highest BCUT2D eigenvalue weighted by molar-refractivity contribution is 5.95. The fourth-order valence-corrected chi connectivity index (χ4v) is 3.26. The smallest absolute Gasteiger partial charge is 0.251 e. The number of benzene rings is 2. The van der Waals surface area contributed by atoms with E-state index in [1.165, 1.54) is 0 Å². The molecule has 5 heteroatoms. The van der Waals surface area contributed by atoms with Gasteiger partial charge in [0, 0.05) is 50.0 Å². The van der Waals surface area contributed by atoms with Crippen LogP contribution in [0.3, 0.4) is 0 Å². The molecule has 0 bridgehead atoms. The van der Waals surface area contributed by atoms with Crippen LogP contribution in [-0.4, -0.2) is 38.0 Å². The fraction of sp³-hybridized carbons (Fsp3) is 0.391. The Kier molecular flexibility index (Phi) is 7.61. The Labute approximate surface area is 168 Å². The number of amides is 2. The zero-order valence-electron chi connectivity index (χ0n) is 17.6. The Morgan fingerprint density at radius 2 is 1.61 bits per heavy atom. The number of hydrogen-bond donors (Lipinski definition) is 1. The number of rotatable bonds is 8. The van der Waals surface area contributed by atoms with Gasteiger partial charge in [-0.1, -0.05) is 17.7 Å². The Hall–Kier alpha value is -2.82. The quantitative estimate of drug-likeness (QED) is 0.754. The molecule has 2 rings (SSSR count). The van der Waals surface area contributed by atoms with E-state index in [1.54, 1.807) is 11.8 Å².